The van der Waals surface area contributed by atoms with Crippen molar-refractivity contribution in [3.8, 4) is 0 Å². The minimum Gasteiger partial charge on any atom is -0.383 e. The molecule has 0 saturated carbocycles. The fourth-order valence-electron chi connectivity index (χ4n) is 1.57. The average Bonchev–Trinajstić information content (AvgIpc) is 2.70. The fourth-order valence-corrected chi connectivity index (χ4v) is 2.51. The van der Waals surface area contributed by atoms with Gasteiger partial charge in [0.2, 0.25) is 5.91 Å². The first-order valence-corrected chi connectivity index (χ1v) is 6.75. The van der Waals surface area contributed by atoms with E-state index in [9.17, 15) is 9.59 Å². The van der Waals surface area contributed by atoms with Crippen LogP contribution < -0.4 is 10.6 Å². The summed E-state index contributed by atoms with van der Waals surface area (Å²) in [6, 6.07) is -0.435. The number of hydrogen-bond donors (Lipinski definition) is 2. The minimum absolute atomic E-state index is 0.0549. The Labute approximate surface area is 116 Å². The van der Waals surface area contributed by atoms with E-state index in [4.69, 9.17) is 4.74 Å². The summed E-state index contributed by atoms with van der Waals surface area (Å²) in [4.78, 5) is 23.3. The zero-order valence-electron chi connectivity index (χ0n) is 11.6. The van der Waals surface area contributed by atoms with Crippen LogP contribution in [0, 0.1) is 6.92 Å². The Morgan fingerprint density at radius 3 is 2.74 bits per heavy atom. The van der Waals surface area contributed by atoms with Crippen molar-refractivity contribution in [3.63, 3.8) is 0 Å². The average molecular weight is 285 g/mol. The van der Waals surface area contributed by atoms with E-state index in [1.165, 1.54) is 18.5 Å². The molecular weight excluding hydrogens is 266 g/mol. The molecule has 0 aliphatic rings. The van der Waals surface area contributed by atoms with E-state index >= 15 is 0 Å². The molecule has 0 fully saturated rings. The van der Waals surface area contributed by atoms with Crippen LogP contribution in [0.2, 0.25) is 0 Å². The van der Waals surface area contributed by atoms with Gasteiger partial charge < -0.3 is 15.4 Å². The summed E-state index contributed by atoms with van der Waals surface area (Å²) in [7, 11) is 1.58. The number of anilines is 1. The van der Waals surface area contributed by atoms with Crippen LogP contribution in [0.5, 0.6) is 0 Å². The molecule has 106 valence electrons. The second-order valence-corrected chi connectivity index (χ2v) is 4.95. The number of nitrogens with zero attached hydrogens (tertiary/aromatic N) is 1. The zero-order valence-corrected chi connectivity index (χ0v) is 12.4. The molecule has 0 aliphatic heterocycles. The largest absolute Gasteiger partial charge is 0.383 e. The van der Waals surface area contributed by atoms with Crippen molar-refractivity contribution in [3.05, 3.63) is 11.3 Å². The van der Waals surface area contributed by atoms with Crippen LogP contribution in [0.25, 0.3) is 0 Å². The lowest BCUT2D eigenvalue weighted by atomic mass is 10.2. The lowest BCUT2D eigenvalue weighted by Crippen LogP contribution is -2.39. The first kappa shape index (κ1) is 15.6. The Bertz CT molecular complexity index is 459. The van der Waals surface area contributed by atoms with Gasteiger partial charge in [-0.05, 0) is 32.3 Å². The van der Waals surface area contributed by atoms with Crippen molar-refractivity contribution in [2.24, 2.45) is 0 Å². The number of aromatic nitrogens is 1. The molecule has 1 aromatic heterocycles. The molecule has 0 aromatic carbocycles. The highest BCUT2D eigenvalue weighted by Gasteiger charge is 2.19. The Morgan fingerprint density at radius 2 is 2.16 bits per heavy atom. The number of ether oxygens (including phenoxy) is 1. The highest BCUT2D eigenvalue weighted by Crippen LogP contribution is 2.25. The monoisotopic (exact) mass is 285 g/mol. The lowest BCUT2D eigenvalue weighted by molar-refractivity contribution is -0.121. The number of amides is 1. The van der Waals surface area contributed by atoms with Gasteiger partial charge in [0, 0.05) is 13.7 Å². The Hall–Kier alpha value is -1.47. The minimum atomic E-state index is -0.435. The van der Waals surface area contributed by atoms with Gasteiger partial charge in [-0.15, -0.1) is 0 Å². The number of nitrogens with one attached hydrogen (secondary N) is 2. The Morgan fingerprint density at radius 1 is 1.47 bits per heavy atom. The second-order valence-electron chi connectivity index (χ2n) is 4.18. The molecule has 1 aromatic rings. The van der Waals surface area contributed by atoms with Crippen molar-refractivity contribution in [2.45, 2.75) is 26.8 Å². The number of carbonyl (C=O) groups is 2. The van der Waals surface area contributed by atoms with Crippen LogP contribution in [-0.2, 0) is 9.53 Å². The third-order valence-corrected chi connectivity index (χ3v) is 3.43. The first-order valence-electron chi connectivity index (χ1n) is 5.97. The smallest absolute Gasteiger partial charge is 0.242 e. The third-order valence-electron chi connectivity index (χ3n) is 2.56. The number of rotatable bonds is 7. The molecule has 7 heteroatoms. The summed E-state index contributed by atoms with van der Waals surface area (Å²) in [6.45, 7) is 5.94. The molecule has 0 bridgehead atoms. The predicted molar refractivity (Wildman–Crippen MR) is 74.8 cm³/mol. The van der Waals surface area contributed by atoms with Gasteiger partial charge in [0.15, 0.2) is 5.78 Å². The summed E-state index contributed by atoms with van der Waals surface area (Å²) >= 11 is 1.19. The molecule has 0 spiro atoms. The van der Waals surface area contributed by atoms with E-state index in [2.05, 4.69) is 15.0 Å². The normalized spacial score (nSPS) is 12.0. The van der Waals surface area contributed by atoms with E-state index in [0.29, 0.717) is 29.4 Å². The number of ketones is 1. The van der Waals surface area contributed by atoms with Gasteiger partial charge in [0.25, 0.3) is 0 Å². The highest BCUT2D eigenvalue weighted by molar-refractivity contribution is 7.10. The number of hydrogen-bond acceptors (Lipinski definition) is 6. The zero-order chi connectivity index (χ0) is 14.4. The number of methoxy groups -OCH3 is 1. The maximum Gasteiger partial charge on any atom is 0.242 e. The molecule has 1 rings (SSSR count). The molecule has 1 amide bonds. The van der Waals surface area contributed by atoms with Crippen molar-refractivity contribution in [1.82, 2.24) is 9.69 Å². The molecular formula is C12H19N3O3S. The maximum absolute atomic E-state index is 11.8. The molecule has 2 N–H and O–H groups in total. The van der Waals surface area contributed by atoms with Crippen molar-refractivity contribution in [2.75, 3.05) is 25.6 Å². The molecule has 19 heavy (non-hydrogen) atoms. The van der Waals surface area contributed by atoms with E-state index in [-0.39, 0.29) is 11.7 Å². The lowest BCUT2D eigenvalue weighted by Gasteiger charge is -2.14. The van der Waals surface area contributed by atoms with E-state index in [1.807, 2.05) is 0 Å². The predicted octanol–water partition coefficient (Wildman–Crippen LogP) is 1.22. The summed E-state index contributed by atoms with van der Waals surface area (Å²) < 4.78 is 8.99. The molecule has 1 atom stereocenters. The van der Waals surface area contributed by atoms with Crippen LogP contribution in [-0.4, -0.2) is 42.4 Å². The topological polar surface area (TPSA) is 80.3 Å². The van der Waals surface area contributed by atoms with Crippen molar-refractivity contribution >= 4 is 28.2 Å². The third kappa shape index (κ3) is 4.29. The quantitative estimate of drug-likeness (QED) is 0.581. The Kier molecular flexibility index (Phi) is 5.91. The van der Waals surface area contributed by atoms with Crippen LogP contribution in [0.4, 0.5) is 5.00 Å². The van der Waals surface area contributed by atoms with Crippen LogP contribution in [0.3, 0.4) is 0 Å². The van der Waals surface area contributed by atoms with Crippen LogP contribution in [0.1, 0.15) is 29.9 Å². The second kappa shape index (κ2) is 7.20. The number of Topliss-reactive ketones (excluding diaryl/α,β-unsaturated/α-hetero) is 1. The summed E-state index contributed by atoms with van der Waals surface area (Å²) in [5.41, 5.74) is 1.24. The highest BCUT2D eigenvalue weighted by atomic mass is 32.1. The maximum atomic E-state index is 11.8. The SMILES string of the molecule is COCCNC(=O)C(C)Nc1snc(C)c1C(C)=O. The van der Waals surface area contributed by atoms with Crippen LogP contribution >= 0.6 is 11.5 Å². The summed E-state index contributed by atoms with van der Waals surface area (Å²) in [5, 5.41) is 6.39. The van der Waals surface area contributed by atoms with E-state index < -0.39 is 6.04 Å². The van der Waals surface area contributed by atoms with Gasteiger partial charge >= 0.3 is 0 Å². The van der Waals surface area contributed by atoms with Gasteiger partial charge in [-0.1, -0.05) is 0 Å². The van der Waals surface area contributed by atoms with Crippen molar-refractivity contribution < 1.29 is 14.3 Å². The Balaban J connectivity index is 2.64. The fraction of sp³-hybridized carbons (Fsp3) is 0.583. The van der Waals surface area contributed by atoms with Gasteiger partial charge in [-0.2, -0.15) is 4.37 Å². The van der Waals surface area contributed by atoms with Gasteiger partial charge in [-0.25, -0.2) is 0 Å². The van der Waals surface area contributed by atoms with E-state index in [1.54, 1.807) is 21.0 Å². The van der Waals surface area contributed by atoms with Gasteiger partial charge in [-0.3, -0.25) is 9.59 Å². The standard InChI is InChI=1S/C12H19N3O3S/c1-7-10(9(3)16)12(19-15-7)14-8(2)11(17)13-5-6-18-4/h8,14H,5-6H2,1-4H3,(H,13,17). The number of carbonyl (C=O) groups excluding carboxylic acids is 2. The molecule has 6 nitrogen and oxygen atoms in total. The van der Waals surface area contributed by atoms with E-state index in [0.717, 1.165) is 0 Å². The summed E-state index contributed by atoms with van der Waals surface area (Å²) in [5.74, 6) is -0.196. The van der Waals surface area contributed by atoms with Crippen LogP contribution in [0.15, 0.2) is 0 Å². The van der Waals surface area contributed by atoms with Gasteiger partial charge in [0.05, 0.1) is 17.9 Å². The van der Waals surface area contributed by atoms with Gasteiger partial charge in [0.1, 0.15) is 11.0 Å². The molecule has 0 saturated heterocycles. The number of aryl methyl sites for hydroxylation is 1. The molecule has 1 heterocycles. The molecule has 1 unspecified atom stereocenters. The molecule has 0 aliphatic carbocycles. The first-order chi connectivity index (χ1) is 8.97. The molecule has 0 radical (unpaired) electrons. The summed E-state index contributed by atoms with van der Waals surface area (Å²) in [6.07, 6.45) is 0. The van der Waals surface area contributed by atoms with Crippen molar-refractivity contribution in [1.29, 1.82) is 0 Å².